The maximum Gasteiger partial charge on any atom is 0.227 e. The van der Waals surface area contributed by atoms with Gasteiger partial charge in [-0.05, 0) is 61.9 Å². The molecule has 5 rings (SSSR count). The molecule has 1 saturated heterocycles. The largest absolute Gasteiger partial charge is 0.494 e. The number of carbonyl (C=O) groups is 1. The van der Waals surface area contributed by atoms with Gasteiger partial charge in [0.1, 0.15) is 23.9 Å². The Morgan fingerprint density at radius 2 is 1.74 bits per heavy atom. The van der Waals surface area contributed by atoms with Crippen molar-refractivity contribution < 1.29 is 14.3 Å². The van der Waals surface area contributed by atoms with E-state index in [0.717, 1.165) is 39.6 Å². The Morgan fingerprint density at radius 1 is 0.971 bits per heavy atom. The number of ether oxygens (including phenoxy) is 2. The molecule has 4 aromatic rings. The molecule has 174 valence electrons. The SMILES string of the molecule is CCOc1ccc(N2C[C@@H](c3nc4ccccc4n3CCOc3ccccc3C)CC2=O)cc1. The van der Waals surface area contributed by atoms with Crippen LogP contribution in [-0.2, 0) is 11.3 Å². The van der Waals surface area contributed by atoms with Gasteiger partial charge in [-0.15, -0.1) is 0 Å². The Labute approximate surface area is 199 Å². The number of hydrogen-bond acceptors (Lipinski definition) is 4. The minimum atomic E-state index is 0.0185. The maximum atomic E-state index is 13.0. The zero-order valence-electron chi connectivity index (χ0n) is 19.6. The van der Waals surface area contributed by atoms with Gasteiger partial charge in [-0.25, -0.2) is 4.98 Å². The number of amides is 1. The van der Waals surface area contributed by atoms with Gasteiger partial charge in [0.25, 0.3) is 0 Å². The van der Waals surface area contributed by atoms with Crippen LogP contribution < -0.4 is 14.4 Å². The van der Waals surface area contributed by atoms with Crippen molar-refractivity contribution in [1.29, 1.82) is 0 Å². The minimum absolute atomic E-state index is 0.0185. The van der Waals surface area contributed by atoms with Crippen molar-refractivity contribution in [2.24, 2.45) is 0 Å². The van der Waals surface area contributed by atoms with Crippen molar-refractivity contribution in [3.05, 3.63) is 84.2 Å². The van der Waals surface area contributed by atoms with Crippen molar-refractivity contribution in [1.82, 2.24) is 9.55 Å². The van der Waals surface area contributed by atoms with E-state index in [4.69, 9.17) is 14.5 Å². The monoisotopic (exact) mass is 455 g/mol. The van der Waals surface area contributed by atoms with Crippen LogP contribution in [0.15, 0.2) is 72.8 Å². The third kappa shape index (κ3) is 4.36. The van der Waals surface area contributed by atoms with Crippen LogP contribution in [0, 0.1) is 6.92 Å². The van der Waals surface area contributed by atoms with Crippen molar-refractivity contribution >= 4 is 22.6 Å². The summed E-state index contributed by atoms with van der Waals surface area (Å²) in [6.45, 7) is 6.43. The molecule has 1 amide bonds. The molecule has 3 aromatic carbocycles. The fourth-order valence-corrected chi connectivity index (χ4v) is 4.63. The van der Waals surface area contributed by atoms with Crippen LogP contribution in [0.25, 0.3) is 11.0 Å². The first-order valence-electron chi connectivity index (χ1n) is 11.8. The summed E-state index contributed by atoms with van der Waals surface area (Å²) in [5.74, 6) is 2.78. The fraction of sp³-hybridized carbons (Fsp3) is 0.286. The number of anilines is 1. The molecule has 34 heavy (non-hydrogen) atoms. The van der Waals surface area contributed by atoms with E-state index in [1.54, 1.807) is 0 Å². The third-order valence-corrected chi connectivity index (χ3v) is 6.30. The molecule has 2 heterocycles. The standard InChI is InChI=1S/C28H29N3O3/c1-3-33-23-14-12-22(13-15-23)31-19-21(18-27(31)32)28-29-24-9-5-6-10-25(24)30(28)16-17-34-26-11-7-4-8-20(26)2/h4-15,21H,3,16-19H2,1-2H3/t21-/m0/s1. The van der Waals surface area contributed by atoms with Crippen molar-refractivity contribution in [3.8, 4) is 11.5 Å². The third-order valence-electron chi connectivity index (χ3n) is 6.30. The quantitative estimate of drug-likeness (QED) is 0.360. The lowest BCUT2D eigenvalue weighted by Crippen LogP contribution is -2.24. The van der Waals surface area contributed by atoms with Gasteiger partial charge in [0.15, 0.2) is 0 Å². The topological polar surface area (TPSA) is 56.6 Å². The predicted octanol–water partition coefficient (Wildman–Crippen LogP) is 5.34. The first kappa shape index (κ1) is 22.0. The summed E-state index contributed by atoms with van der Waals surface area (Å²) in [5.41, 5.74) is 4.02. The van der Waals surface area contributed by atoms with E-state index in [0.29, 0.717) is 32.7 Å². The molecular formula is C28H29N3O3. The molecule has 1 aliphatic rings. The molecule has 6 nitrogen and oxygen atoms in total. The average Bonchev–Trinajstić information content (AvgIpc) is 3.42. The summed E-state index contributed by atoms with van der Waals surface area (Å²) in [6, 6.07) is 23.9. The van der Waals surface area contributed by atoms with E-state index in [1.165, 1.54) is 0 Å². The highest BCUT2D eigenvalue weighted by molar-refractivity contribution is 5.96. The lowest BCUT2D eigenvalue weighted by Gasteiger charge is -2.18. The highest BCUT2D eigenvalue weighted by atomic mass is 16.5. The first-order valence-corrected chi connectivity index (χ1v) is 11.8. The number of aryl methyl sites for hydroxylation is 1. The van der Waals surface area contributed by atoms with E-state index >= 15 is 0 Å². The summed E-state index contributed by atoms with van der Waals surface area (Å²) in [7, 11) is 0. The Balaban J connectivity index is 1.37. The van der Waals surface area contributed by atoms with E-state index in [9.17, 15) is 4.79 Å². The highest BCUT2D eigenvalue weighted by Crippen LogP contribution is 2.34. The smallest absolute Gasteiger partial charge is 0.227 e. The number of imidazole rings is 1. The van der Waals surface area contributed by atoms with E-state index in [2.05, 4.69) is 10.6 Å². The molecular weight excluding hydrogens is 426 g/mol. The molecule has 0 N–H and O–H groups in total. The van der Waals surface area contributed by atoms with Crippen molar-refractivity contribution in [2.45, 2.75) is 32.7 Å². The number of carbonyl (C=O) groups excluding carboxylic acids is 1. The van der Waals surface area contributed by atoms with Crippen molar-refractivity contribution in [2.75, 3.05) is 24.7 Å². The lowest BCUT2D eigenvalue weighted by atomic mass is 10.1. The van der Waals surface area contributed by atoms with Gasteiger partial charge in [0.05, 0.1) is 24.2 Å². The molecule has 1 fully saturated rings. The molecule has 1 aliphatic heterocycles. The molecule has 0 bridgehead atoms. The zero-order chi connectivity index (χ0) is 23.5. The summed E-state index contributed by atoms with van der Waals surface area (Å²) in [5, 5.41) is 0. The van der Waals surface area contributed by atoms with Crippen LogP contribution in [0.3, 0.4) is 0 Å². The molecule has 0 unspecified atom stereocenters. The molecule has 0 spiro atoms. The normalized spacial score (nSPS) is 15.8. The maximum absolute atomic E-state index is 13.0. The molecule has 1 aromatic heterocycles. The number of nitrogens with zero attached hydrogens (tertiary/aromatic N) is 3. The van der Waals surface area contributed by atoms with Gasteiger partial charge < -0.3 is 18.9 Å². The number of rotatable bonds is 8. The van der Waals surface area contributed by atoms with E-state index < -0.39 is 0 Å². The van der Waals surface area contributed by atoms with Gasteiger partial charge in [-0.2, -0.15) is 0 Å². The predicted molar refractivity (Wildman–Crippen MR) is 134 cm³/mol. The number of benzene rings is 3. The fourth-order valence-electron chi connectivity index (χ4n) is 4.63. The van der Waals surface area contributed by atoms with Gasteiger partial charge in [-0.3, -0.25) is 4.79 Å². The van der Waals surface area contributed by atoms with Crippen LogP contribution in [0.5, 0.6) is 11.5 Å². The van der Waals surface area contributed by atoms with Gasteiger partial charge in [-0.1, -0.05) is 30.3 Å². The summed E-state index contributed by atoms with van der Waals surface area (Å²) in [6.07, 6.45) is 0.440. The van der Waals surface area contributed by atoms with Gasteiger partial charge in [0, 0.05) is 24.6 Å². The summed E-state index contributed by atoms with van der Waals surface area (Å²) < 4.78 is 13.8. The second-order valence-corrected chi connectivity index (χ2v) is 8.56. The van der Waals surface area contributed by atoms with Gasteiger partial charge >= 0.3 is 0 Å². The Morgan fingerprint density at radius 3 is 2.53 bits per heavy atom. The summed E-state index contributed by atoms with van der Waals surface area (Å²) >= 11 is 0. The van der Waals surface area contributed by atoms with Crippen LogP contribution in [0.1, 0.15) is 30.7 Å². The Hall–Kier alpha value is -3.80. The van der Waals surface area contributed by atoms with E-state index in [-0.39, 0.29) is 11.8 Å². The molecule has 6 heteroatoms. The number of hydrogen-bond donors (Lipinski definition) is 0. The van der Waals surface area contributed by atoms with Crippen LogP contribution in [-0.4, -0.2) is 35.2 Å². The van der Waals surface area contributed by atoms with Crippen molar-refractivity contribution in [3.63, 3.8) is 0 Å². The molecule has 0 aliphatic carbocycles. The van der Waals surface area contributed by atoms with Crippen LogP contribution in [0.4, 0.5) is 5.69 Å². The summed E-state index contributed by atoms with van der Waals surface area (Å²) in [4.78, 5) is 19.8. The second kappa shape index (κ2) is 9.59. The number of fused-ring (bicyclic) bond motifs is 1. The average molecular weight is 456 g/mol. The lowest BCUT2D eigenvalue weighted by molar-refractivity contribution is -0.117. The molecule has 0 radical (unpaired) electrons. The number of aromatic nitrogens is 2. The van der Waals surface area contributed by atoms with Crippen LogP contribution >= 0.6 is 0 Å². The van der Waals surface area contributed by atoms with E-state index in [1.807, 2.05) is 85.5 Å². The molecule has 1 atom stereocenters. The van der Waals surface area contributed by atoms with Crippen LogP contribution in [0.2, 0.25) is 0 Å². The first-order chi connectivity index (χ1) is 16.6. The second-order valence-electron chi connectivity index (χ2n) is 8.56. The number of para-hydroxylation sites is 3. The minimum Gasteiger partial charge on any atom is -0.494 e. The Kier molecular flexibility index (Phi) is 6.21. The zero-order valence-corrected chi connectivity index (χ0v) is 19.6. The highest BCUT2D eigenvalue weighted by Gasteiger charge is 2.34. The Bertz CT molecular complexity index is 1300. The van der Waals surface area contributed by atoms with Gasteiger partial charge in [0.2, 0.25) is 5.91 Å². The molecule has 0 saturated carbocycles.